The number of nitrogens with zero attached hydrogens (tertiary/aromatic N) is 3. The molecular formula is C23H28F3N3O6S. The van der Waals surface area contributed by atoms with Crippen LogP contribution in [0.25, 0.3) is 0 Å². The lowest BCUT2D eigenvalue weighted by atomic mass is 10.2. The Labute approximate surface area is 207 Å². The second kappa shape index (κ2) is 11.9. The van der Waals surface area contributed by atoms with Crippen molar-refractivity contribution in [3.05, 3.63) is 48.5 Å². The van der Waals surface area contributed by atoms with Gasteiger partial charge in [0.15, 0.2) is 9.84 Å². The van der Waals surface area contributed by atoms with Gasteiger partial charge in [0.1, 0.15) is 17.2 Å². The highest BCUT2D eigenvalue weighted by atomic mass is 32.2. The van der Waals surface area contributed by atoms with E-state index in [1.165, 1.54) is 36.4 Å². The molecule has 1 saturated heterocycles. The summed E-state index contributed by atoms with van der Waals surface area (Å²) in [5.74, 6) is -0.365. The molecule has 1 aliphatic rings. The average molecular weight is 532 g/mol. The van der Waals surface area contributed by atoms with Gasteiger partial charge < -0.3 is 19.3 Å². The van der Waals surface area contributed by atoms with Crippen LogP contribution in [-0.4, -0.2) is 92.8 Å². The van der Waals surface area contributed by atoms with Gasteiger partial charge in [-0.1, -0.05) is 0 Å². The van der Waals surface area contributed by atoms with Crippen LogP contribution in [0.3, 0.4) is 0 Å². The van der Waals surface area contributed by atoms with Crippen molar-refractivity contribution < 1.29 is 41.1 Å². The molecule has 9 nitrogen and oxygen atoms in total. The maximum atomic E-state index is 13.0. The smallest absolute Gasteiger partial charge is 0.457 e. The van der Waals surface area contributed by atoms with E-state index in [2.05, 4.69) is 14.5 Å². The van der Waals surface area contributed by atoms with Crippen LogP contribution in [0.1, 0.15) is 6.42 Å². The van der Waals surface area contributed by atoms with Gasteiger partial charge in [-0.2, -0.15) is 0 Å². The molecular weight excluding hydrogens is 503 g/mol. The molecule has 3 rings (SSSR count). The second-order valence-electron chi connectivity index (χ2n) is 8.45. The fourth-order valence-electron chi connectivity index (χ4n) is 3.69. The summed E-state index contributed by atoms with van der Waals surface area (Å²) >= 11 is 0. The number of carbonyl (C=O) groups excluding carboxylic acids is 1. The quantitative estimate of drug-likeness (QED) is 0.269. The van der Waals surface area contributed by atoms with Crippen LogP contribution in [0.4, 0.5) is 13.2 Å². The Morgan fingerprint density at radius 2 is 1.53 bits per heavy atom. The number of amides is 1. The van der Waals surface area contributed by atoms with E-state index < -0.39 is 33.7 Å². The molecule has 1 amide bonds. The summed E-state index contributed by atoms with van der Waals surface area (Å²) in [6.07, 6.45) is -4.31. The van der Waals surface area contributed by atoms with Gasteiger partial charge in [0.25, 0.3) is 0 Å². The Balaban J connectivity index is 1.61. The molecule has 0 saturated carbocycles. The van der Waals surface area contributed by atoms with E-state index in [-0.39, 0.29) is 29.2 Å². The number of piperazine rings is 1. The molecule has 0 bridgehead atoms. The highest BCUT2D eigenvalue weighted by molar-refractivity contribution is 7.91. The summed E-state index contributed by atoms with van der Waals surface area (Å²) in [6, 6.07) is 9.30. The van der Waals surface area contributed by atoms with Gasteiger partial charge in [-0.15, -0.1) is 13.2 Å². The van der Waals surface area contributed by atoms with Crippen molar-refractivity contribution in [2.75, 3.05) is 45.5 Å². The Morgan fingerprint density at radius 1 is 1.00 bits per heavy atom. The van der Waals surface area contributed by atoms with E-state index >= 15 is 0 Å². The maximum Gasteiger partial charge on any atom is 0.573 e. The lowest BCUT2D eigenvalue weighted by Gasteiger charge is -2.33. The van der Waals surface area contributed by atoms with Crippen molar-refractivity contribution in [1.29, 1.82) is 0 Å². The van der Waals surface area contributed by atoms with Gasteiger partial charge in [-0.3, -0.25) is 10.0 Å². The molecule has 36 heavy (non-hydrogen) atoms. The first-order valence-corrected chi connectivity index (χ1v) is 12.8. The first-order chi connectivity index (χ1) is 16.9. The van der Waals surface area contributed by atoms with E-state index in [1.807, 2.05) is 7.05 Å². The van der Waals surface area contributed by atoms with Crippen molar-refractivity contribution >= 4 is 16.2 Å². The van der Waals surface area contributed by atoms with Gasteiger partial charge >= 0.3 is 6.36 Å². The molecule has 1 aliphatic heterocycles. The number of hydrogen-bond donors (Lipinski definition) is 1. The summed E-state index contributed by atoms with van der Waals surface area (Å²) < 4.78 is 72.1. The summed E-state index contributed by atoms with van der Waals surface area (Å²) in [6.45, 7) is 3.96. The van der Waals surface area contributed by atoms with Crippen LogP contribution in [0.15, 0.2) is 53.4 Å². The maximum absolute atomic E-state index is 13.0. The highest BCUT2D eigenvalue weighted by Gasteiger charge is 2.31. The fraction of sp³-hybridized carbons (Fsp3) is 0.435. The third kappa shape index (κ3) is 8.36. The number of alkyl halides is 3. The molecule has 13 heteroatoms. The lowest BCUT2D eigenvalue weighted by Crippen LogP contribution is -2.46. The molecule has 1 atom stereocenters. The van der Waals surface area contributed by atoms with Crippen LogP contribution in [0, 0.1) is 0 Å². The van der Waals surface area contributed by atoms with Crippen molar-refractivity contribution in [3.8, 4) is 17.2 Å². The number of rotatable bonds is 11. The summed E-state index contributed by atoms with van der Waals surface area (Å²) in [7, 11) is -1.83. The lowest BCUT2D eigenvalue weighted by molar-refractivity contribution is -0.274. The van der Waals surface area contributed by atoms with E-state index in [1.54, 1.807) is 0 Å². The number of halogens is 3. The first kappa shape index (κ1) is 27.7. The summed E-state index contributed by atoms with van der Waals surface area (Å²) in [4.78, 5) is 15.5. The SMILES string of the molecule is CN1CCN(CCC(CS(=O)(=O)c2ccc(Oc3ccc(OC(F)(F)F)cc3)cc2)N(O)C=O)CC1. The molecule has 198 valence electrons. The minimum atomic E-state index is -4.80. The topological polar surface area (TPSA) is 99.6 Å². The highest BCUT2D eigenvalue weighted by Crippen LogP contribution is 2.28. The molecule has 2 aromatic rings. The number of hydroxylamine groups is 2. The van der Waals surface area contributed by atoms with Crippen LogP contribution in [0.5, 0.6) is 17.2 Å². The summed E-state index contributed by atoms with van der Waals surface area (Å²) in [5.41, 5.74) is 0. The van der Waals surface area contributed by atoms with Gasteiger partial charge in [0.05, 0.1) is 16.7 Å². The number of benzene rings is 2. The molecule has 1 fully saturated rings. The van der Waals surface area contributed by atoms with Crippen LogP contribution < -0.4 is 9.47 Å². The molecule has 0 spiro atoms. The standard InChI is InChI=1S/C23H28F3N3O6S/c1-27-12-14-28(15-13-27)11-10-18(29(31)17-30)16-36(32,33)22-8-6-20(7-9-22)34-19-2-4-21(5-3-19)35-23(24,25)26/h2-9,17-18,31H,10-16H2,1H3. The van der Waals surface area contributed by atoms with Crippen molar-refractivity contribution in [1.82, 2.24) is 14.9 Å². The molecule has 1 heterocycles. The monoisotopic (exact) mass is 531 g/mol. The van der Waals surface area contributed by atoms with Crippen molar-refractivity contribution in [2.45, 2.75) is 23.7 Å². The zero-order valence-electron chi connectivity index (χ0n) is 19.6. The zero-order chi connectivity index (χ0) is 26.3. The molecule has 1 unspecified atom stereocenters. The van der Waals surface area contributed by atoms with E-state index in [9.17, 15) is 31.6 Å². The third-order valence-corrected chi connectivity index (χ3v) is 7.56. The minimum absolute atomic E-state index is 0.0207. The largest absolute Gasteiger partial charge is 0.573 e. The normalized spacial score (nSPS) is 16.4. The number of ether oxygens (including phenoxy) is 2. The average Bonchev–Trinajstić information content (AvgIpc) is 2.83. The van der Waals surface area contributed by atoms with Crippen LogP contribution in [0.2, 0.25) is 0 Å². The van der Waals surface area contributed by atoms with Crippen molar-refractivity contribution in [2.24, 2.45) is 0 Å². The fourth-order valence-corrected chi connectivity index (χ4v) is 5.26. The van der Waals surface area contributed by atoms with Gasteiger partial charge in [-0.25, -0.2) is 13.5 Å². The third-order valence-electron chi connectivity index (χ3n) is 5.74. The van der Waals surface area contributed by atoms with E-state index in [4.69, 9.17) is 4.74 Å². The minimum Gasteiger partial charge on any atom is -0.457 e. The van der Waals surface area contributed by atoms with E-state index in [0.29, 0.717) is 11.6 Å². The van der Waals surface area contributed by atoms with E-state index in [0.717, 1.165) is 38.3 Å². The first-order valence-electron chi connectivity index (χ1n) is 11.1. The van der Waals surface area contributed by atoms with Gasteiger partial charge in [0, 0.05) is 32.7 Å². The number of hydrogen-bond acceptors (Lipinski definition) is 8. The molecule has 1 N–H and O–H groups in total. The molecule has 0 radical (unpaired) electrons. The predicted molar refractivity (Wildman–Crippen MR) is 124 cm³/mol. The number of likely N-dealkylation sites (N-methyl/N-ethyl adjacent to an activating group) is 1. The van der Waals surface area contributed by atoms with Crippen molar-refractivity contribution in [3.63, 3.8) is 0 Å². The molecule has 0 aromatic heterocycles. The predicted octanol–water partition coefficient (Wildman–Crippen LogP) is 3.00. The summed E-state index contributed by atoms with van der Waals surface area (Å²) in [5, 5.41) is 10.4. The number of sulfone groups is 1. The van der Waals surface area contributed by atoms with Gasteiger partial charge in [-0.05, 0) is 62.0 Å². The van der Waals surface area contributed by atoms with Gasteiger partial charge in [0.2, 0.25) is 6.41 Å². The van der Waals surface area contributed by atoms with Crippen LogP contribution in [-0.2, 0) is 14.6 Å². The Hall–Kier alpha value is -2.87. The molecule has 0 aliphatic carbocycles. The Morgan fingerprint density at radius 3 is 2.06 bits per heavy atom. The van der Waals surface area contributed by atoms with Crippen LogP contribution >= 0.6 is 0 Å². The second-order valence-corrected chi connectivity index (χ2v) is 10.5. The Kier molecular flexibility index (Phi) is 9.17. The zero-order valence-corrected chi connectivity index (χ0v) is 20.4. The Bertz CT molecular complexity index is 1090. The molecule has 2 aromatic carbocycles. The number of carbonyl (C=O) groups is 1.